The molecule has 2 aromatic heterocycles. The lowest BCUT2D eigenvalue weighted by atomic mass is 10.0. The Bertz CT molecular complexity index is 936. The van der Waals surface area contributed by atoms with Crippen LogP contribution in [0.4, 0.5) is 10.6 Å². The monoisotopic (exact) mass is 423 g/mol. The normalized spacial score (nSPS) is 19.1. The van der Waals surface area contributed by atoms with Crippen LogP contribution in [-0.4, -0.2) is 62.6 Å². The summed E-state index contributed by atoms with van der Waals surface area (Å²) in [4.78, 5) is 37.0. The molecule has 8 heteroatoms. The van der Waals surface area contributed by atoms with Crippen LogP contribution in [0.2, 0.25) is 0 Å². The number of nitrogens with one attached hydrogen (secondary N) is 1. The van der Waals surface area contributed by atoms with Crippen LogP contribution >= 0.6 is 0 Å². The number of carboxylic acid groups (broad SMARTS) is 1. The highest BCUT2D eigenvalue weighted by molar-refractivity contribution is 5.79. The number of amides is 2. The summed E-state index contributed by atoms with van der Waals surface area (Å²) in [6.07, 6.45) is 6.97. The molecule has 2 atom stereocenters. The smallest absolute Gasteiger partial charge is 0.320 e. The van der Waals surface area contributed by atoms with E-state index in [0.717, 1.165) is 49.3 Å². The summed E-state index contributed by atoms with van der Waals surface area (Å²) in [6, 6.07) is 7.24. The van der Waals surface area contributed by atoms with Gasteiger partial charge in [0.15, 0.2) is 0 Å². The zero-order valence-corrected chi connectivity index (χ0v) is 17.8. The van der Waals surface area contributed by atoms with Gasteiger partial charge in [-0.15, -0.1) is 0 Å². The lowest BCUT2D eigenvalue weighted by Crippen LogP contribution is -2.37. The predicted molar refractivity (Wildman–Crippen MR) is 117 cm³/mol. The molecule has 2 N–H and O–H groups in total. The van der Waals surface area contributed by atoms with E-state index in [1.807, 2.05) is 17.9 Å². The van der Waals surface area contributed by atoms with E-state index in [9.17, 15) is 14.7 Å². The highest BCUT2D eigenvalue weighted by atomic mass is 16.4. The SMILES string of the molecule is CC1CN([C@@H](CC(=O)O)c2cccnc2)C(=O)N1CCCc1ccc2c(n1)NCCC2. The number of hydrogen-bond donors (Lipinski definition) is 2. The van der Waals surface area contributed by atoms with Gasteiger partial charge in [0.2, 0.25) is 0 Å². The summed E-state index contributed by atoms with van der Waals surface area (Å²) >= 11 is 0. The number of nitrogens with zero attached hydrogens (tertiary/aromatic N) is 4. The fraction of sp³-hybridized carbons (Fsp3) is 0.478. The largest absolute Gasteiger partial charge is 0.481 e. The van der Waals surface area contributed by atoms with Gasteiger partial charge >= 0.3 is 12.0 Å². The predicted octanol–water partition coefficient (Wildman–Crippen LogP) is 3.11. The third-order valence-corrected chi connectivity index (χ3v) is 6.08. The fourth-order valence-electron chi connectivity index (χ4n) is 4.48. The van der Waals surface area contributed by atoms with E-state index >= 15 is 0 Å². The van der Waals surface area contributed by atoms with Crippen molar-refractivity contribution in [2.45, 2.75) is 51.1 Å². The maximum absolute atomic E-state index is 13.2. The van der Waals surface area contributed by atoms with Crippen molar-refractivity contribution in [3.05, 3.63) is 53.5 Å². The first-order chi connectivity index (χ1) is 15.0. The number of fused-ring (bicyclic) bond motifs is 1. The first-order valence-electron chi connectivity index (χ1n) is 10.9. The Balaban J connectivity index is 1.39. The summed E-state index contributed by atoms with van der Waals surface area (Å²) in [5.74, 6) is 0.0633. The molecule has 0 aromatic carbocycles. The number of urea groups is 1. The second-order valence-corrected chi connectivity index (χ2v) is 8.32. The van der Waals surface area contributed by atoms with Crippen LogP contribution in [0.15, 0.2) is 36.7 Å². The van der Waals surface area contributed by atoms with E-state index in [2.05, 4.69) is 22.4 Å². The number of anilines is 1. The minimum absolute atomic E-state index is 0.0265. The van der Waals surface area contributed by atoms with Crippen molar-refractivity contribution < 1.29 is 14.7 Å². The standard InChI is InChI=1S/C23H29N5O3/c1-16-15-28(20(13-21(29)30)18-6-2-10-24-14-18)23(31)27(16)12-4-7-19-9-8-17-5-3-11-25-22(17)26-19/h2,6,8-10,14,16,20H,3-5,7,11-13,15H2,1H3,(H,25,26)(H,29,30)/t16?,20-/m0/s1. The summed E-state index contributed by atoms with van der Waals surface area (Å²) < 4.78 is 0. The van der Waals surface area contributed by atoms with E-state index in [4.69, 9.17) is 4.98 Å². The van der Waals surface area contributed by atoms with E-state index in [1.165, 1.54) is 5.56 Å². The number of aliphatic carboxylic acids is 1. The molecule has 0 radical (unpaired) electrons. The zero-order chi connectivity index (χ0) is 21.8. The number of carbonyl (C=O) groups is 2. The minimum atomic E-state index is -0.931. The fourth-order valence-corrected chi connectivity index (χ4v) is 4.48. The van der Waals surface area contributed by atoms with Gasteiger partial charge in [-0.3, -0.25) is 9.78 Å². The van der Waals surface area contributed by atoms with Crippen LogP contribution in [0.25, 0.3) is 0 Å². The van der Waals surface area contributed by atoms with Gasteiger partial charge in [-0.05, 0) is 55.9 Å². The summed E-state index contributed by atoms with van der Waals surface area (Å²) in [6.45, 7) is 4.11. The molecule has 1 unspecified atom stereocenters. The van der Waals surface area contributed by atoms with Crippen LogP contribution in [0.5, 0.6) is 0 Å². The minimum Gasteiger partial charge on any atom is -0.481 e. The van der Waals surface area contributed by atoms with Crippen molar-refractivity contribution in [3.63, 3.8) is 0 Å². The third-order valence-electron chi connectivity index (χ3n) is 6.08. The van der Waals surface area contributed by atoms with E-state index < -0.39 is 12.0 Å². The van der Waals surface area contributed by atoms with Crippen molar-refractivity contribution in [1.29, 1.82) is 0 Å². The lowest BCUT2D eigenvalue weighted by molar-refractivity contribution is -0.138. The lowest BCUT2D eigenvalue weighted by Gasteiger charge is -2.27. The van der Waals surface area contributed by atoms with Gasteiger partial charge in [-0.1, -0.05) is 12.1 Å². The molecule has 4 heterocycles. The first kappa shape index (κ1) is 21.1. The molecule has 0 saturated carbocycles. The second-order valence-electron chi connectivity index (χ2n) is 8.32. The molecule has 31 heavy (non-hydrogen) atoms. The molecule has 4 rings (SSSR count). The van der Waals surface area contributed by atoms with E-state index in [1.54, 1.807) is 23.4 Å². The molecule has 2 aliphatic rings. The van der Waals surface area contributed by atoms with Gasteiger partial charge in [-0.25, -0.2) is 9.78 Å². The number of rotatable bonds is 8. The second kappa shape index (κ2) is 9.32. The van der Waals surface area contributed by atoms with Crippen molar-refractivity contribution in [1.82, 2.24) is 19.8 Å². The van der Waals surface area contributed by atoms with Crippen molar-refractivity contribution in [2.24, 2.45) is 0 Å². The topological polar surface area (TPSA) is 98.7 Å². The number of pyridine rings is 2. The molecule has 2 aromatic rings. The number of aryl methyl sites for hydroxylation is 2. The van der Waals surface area contributed by atoms with Crippen molar-refractivity contribution in [2.75, 3.05) is 25.0 Å². The van der Waals surface area contributed by atoms with Crippen LogP contribution in [0.3, 0.4) is 0 Å². The first-order valence-corrected chi connectivity index (χ1v) is 10.9. The molecular weight excluding hydrogens is 394 g/mol. The van der Waals surface area contributed by atoms with Gasteiger partial charge in [0.25, 0.3) is 0 Å². The molecular formula is C23H29N5O3. The highest BCUT2D eigenvalue weighted by Gasteiger charge is 2.39. The van der Waals surface area contributed by atoms with Gasteiger partial charge in [-0.2, -0.15) is 0 Å². The average Bonchev–Trinajstić information content (AvgIpc) is 3.06. The Morgan fingerprint density at radius 2 is 2.23 bits per heavy atom. The number of aromatic nitrogens is 2. The highest BCUT2D eigenvalue weighted by Crippen LogP contribution is 2.30. The van der Waals surface area contributed by atoms with Crippen molar-refractivity contribution in [3.8, 4) is 0 Å². The molecule has 2 aliphatic heterocycles. The maximum Gasteiger partial charge on any atom is 0.320 e. The molecule has 2 amide bonds. The number of hydrogen-bond acceptors (Lipinski definition) is 5. The summed E-state index contributed by atoms with van der Waals surface area (Å²) in [5, 5.41) is 12.8. The van der Waals surface area contributed by atoms with Gasteiger partial charge in [0.1, 0.15) is 5.82 Å². The zero-order valence-electron chi connectivity index (χ0n) is 17.8. The molecule has 0 bridgehead atoms. The van der Waals surface area contributed by atoms with E-state index in [-0.39, 0.29) is 18.5 Å². The van der Waals surface area contributed by atoms with Crippen LogP contribution < -0.4 is 5.32 Å². The summed E-state index contributed by atoms with van der Waals surface area (Å²) in [5.41, 5.74) is 3.05. The maximum atomic E-state index is 13.2. The molecule has 0 aliphatic carbocycles. The Kier molecular flexibility index (Phi) is 6.34. The van der Waals surface area contributed by atoms with Crippen LogP contribution in [0.1, 0.15) is 49.0 Å². The Morgan fingerprint density at radius 1 is 1.35 bits per heavy atom. The van der Waals surface area contributed by atoms with Crippen LogP contribution in [0, 0.1) is 0 Å². The number of carbonyl (C=O) groups excluding carboxylic acids is 1. The molecule has 1 fully saturated rings. The Labute approximate surface area is 182 Å². The quantitative estimate of drug-likeness (QED) is 0.677. The van der Waals surface area contributed by atoms with Gasteiger partial charge in [0.05, 0.1) is 12.5 Å². The molecule has 164 valence electrons. The van der Waals surface area contributed by atoms with E-state index in [0.29, 0.717) is 13.1 Å². The average molecular weight is 424 g/mol. The molecule has 8 nitrogen and oxygen atoms in total. The van der Waals surface area contributed by atoms with Crippen LogP contribution in [-0.2, 0) is 17.6 Å². The van der Waals surface area contributed by atoms with Crippen molar-refractivity contribution >= 4 is 17.8 Å². The summed E-state index contributed by atoms with van der Waals surface area (Å²) in [7, 11) is 0. The van der Waals surface area contributed by atoms with Gasteiger partial charge in [0, 0.05) is 43.8 Å². The third kappa shape index (κ3) is 4.78. The number of carboxylic acids is 1. The Morgan fingerprint density at radius 3 is 3.00 bits per heavy atom. The Hall–Kier alpha value is -3.16. The molecule has 0 spiro atoms. The van der Waals surface area contributed by atoms with Gasteiger partial charge < -0.3 is 20.2 Å². The molecule has 1 saturated heterocycles.